The number of imidazole rings is 1. The Hall–Kier alpha value is -4.27. The number of aromatic nitrogens is 2. The molecule has 0 saturated heterocycles. The van der Waals surface area contributed by atoms with Crippen molar-refractivity contribution in [2.24, 2.45) is 0 Å². The molecule has 1 aliphatic rings. The van der Waals surface area contributed by atoms with Crippen LogP contribution in [-0.4, -0.2) is 35.0 Å². The molecule has 1 aromatic heterocycles. The van der Waals surface area contributed by atoms with Gasteiger partial charge in [-0.05, 0) is 48.4 Å². The third-order valence-electron chi connectivity index (χ3n) is 6.05. The average molecular weight is 476 g/mol. The van der Waals surface area contributed by atoms with Crippen LogP contribution in [-0.2, 0) is 16.0 Å². The van der Waals surface area contributed by atoms with Crippen LogP contribution >= 0.6 is 0 Å². The van der Waals surface area contributed by atoms with Crippen molar-refractivity contribution >= 4 is 34.5 Å². The second-order valence-electron chi connectivity index (χ2n) is 8.26. The molecule has 0 saturated carbocycles. The van der Waals surface area contributed by atoms with Crippen LogP contribution in [0.3, 0.4) is 0 Å². The Labute approximate surface area is 199 Å². The molecule has 5 rings (SSSR count). The van der Waals surface area contributed by atoms with Crippen molar-refractivity contribution < 1.29 is 23.1 Å². The number of fused-ring (bicyclic) bond motifs is 3. The van der Waals surface area contributed by atoms with E-state index in [1.165, 1.54) is 6.07 Å². The number of amides is 2. The van der Waals surface area contributed by atoms with Gasteiger partial charge in [-0.2, -0.15) is 0 Å². The van der Waals surface area contributed by atoms with Gasteiger partial charge in [0, 0.05) is 18.3 Å². The van der Waals surface area contributed by atoms with Crippen molar-refractivity contribution in [1.29, 1.82) is 0 Å². The largest absolute Gasteiger partial charge is 0.497 e. The molecule has 0 unspecified atom stereocenters. The number of para-hydroxylation sites is 2. The van der Waals surface area contributed by atoms with Crippen molar-refractivity contribution in [2.45, 2.75) is 18.9 Å². The third kappa shape index (κ3) is 4.32. The maximum atomic E-state index is 13.5. The summed E-state index contributed by atoms with van der Waals surface area (Å²) in [6.07, 6.45) is 0.414. The molecule has 178 valence electrons. The van der Waals surface area contributed by atoms with Gasteiger partial charge in [0.05, 0.1) is 24.6 Å². The highest BCUT2D eigenvalue weighted by molar-refractivity contribution is 6.05. The minimum Gasteiger partial charge on any atom is -0.497 e. The molecule has 35 heavy (non-hydrogen) atoms. The SMILES string of the molecule is COc1ccc(CCN2C(=O)[C@@H](CC(=O)Nc3ccc(F)c(F)c3)n3c2nc2ccccc23)cc1. The van der Waals surface area contributed by atoms with E-state index in [1.807, 2.05) is 48.5 Å². The minimum atomic E-state index is -1.06. The van der Waals surface area contributed by atoms with Crippen LogP contribution in [0.5, 0.6) is 5.75 Å². The summed E-state index contributed by atoms with van der Waals surface area (Å²) in [7, 11) is 1.60. The van der Waals surface area contributed by atoms with Crippen LogP contribution in [0.15, 0.2) is 66.7 Å². The molecule has 0 radical (unpaired) electrons. The van der Waals surface area contributed by atoms with Gasteiger partial charge in [-0.15, -0.1) is 0 Å². The average Bonchev–Trinajstić information content (AvgIpc) is 3.35. The lowest BCUT2D eigenvalue weighted by Gasteiger charge is -2.16. The summed E-state index contributed by atoms with van der Waals surface area (Å²) in [5.41, 5.74) is 2.61. The van der Waals surface area contributed by atoms with Gasteiger partial charge in [-0.25, -0.2) is 13.8 Å². The smallest absolute Gasteiger partial charge is 0.253 e. The Kier molecular flexibility index (Phi) is 5.90. The highest BCUT2D eigenvalue weighted by atomic mass is 19.2. The molecule has 1 atom stereocenters. The van der Waals surface area contributed by atoms with Crippen molar-refractivity contribution in [2.75, 3.05) is 23.9 Å². The van der Waals surface area contributed by atoms with Crippen LogP contribution in [0.25, 0.3) is 11.0 Å². The lowest BCUT2D eigenvalue weighted by molar-refractivity contribution is -0.124. The molecule has 3 aromatic carbocycles. The summed E-state index contributed by atoms with van der Waals surface area (Å²) in [5, 5.41) is 2.55. The van der Waals surface area contributed by atoms with E-state index in [1.54, 1.807) is 16.6 Å². The number of hydrogen-bond donors (Lipinski definition) is 1. The van der Waals surface area contributed by atoms with Crippen LogP contribution in [0.4, 0.5) is 20.4 Å². The van der Waals surface area contributed by atoms with E-state index in [9.17, 15) is 18.4 Å². The van der Waals surface area contributed by atoms with Crippen molar-refractivity contribution in [3.05, 3.63) is 83.9 Å². The fourth-order valence-electron chi connectivity index (χ4n) is 4.30. The number of hydrogen-bond acceptors (Lipinski definition) is 4. The van der Waals surface area contributed by atoms with E-state index >= 15 is 0 Å². The number of carbonyl (C=O) groups is 2. The third-order valence-corrected chi connectivity index (χ3v) is 6.05. The van der Waals surface area contributed by atoms with Crippen molar-refractivity contribution in [3.8, 4) is 5.75 Å². The van der Waals surface area contributed by atoms with Crippen molar-refractivity contribution in [1.82, 2.24) is 9.55 Å². The summed E-state index contributed by atoms with van der Waals surface area (Å²) >= 11 is 0. The summed E-state index contributed by atoms with van der Waals surface area (Å²) in [6, 6.07) is 17.3. The van der Waals surface area contributed by atoms with Crippen LogP contribution in [0.2, 0.25) is 0 Å². The topological polar surface area (TPSA) is 76.5 Å². The summed E-state index contributed by atoms with van der Waals surface area (Å²) in [6.45, 7) is 0.385. The molecular weight excluding hydrogens is 454 g/mol. The highest BCUT2D eigenvalue weighted by Crippen LogP contribution is 2.36. The van der Waals surface area contributed by atoms with E-state index in [0.29, 0.717) is 18.9 Å². The van der Waals surface area contributed by atoms with Gasteiger partial charge < -0.3 is 10.1 Å². The molecule has 0 fully saturated rings. The van der Waals surface area contributed by atoms with Gasteiger partial charge in [0.1, 0.15) is 11.8 Å². The van der Waals surface area contributed by atoms with Gasteiger partial charge in [0.25, 0.3) is 5.91 Å². The molecule has 7 nitrogen and oxygen atoms in total. The fraction of sp³-hybridized carbons (Fsp3) is 0.192. The Bertz CT molecular complexity index is 1420. The molecule has 0 bridgehead atoms. The van der Waals surface area contributed by atoms with Crippen molar-refractivity contribution in [3.63, 3.8) is 0 Å². The Balaban J connectivity index is 1.39. The predicted molar refractivity (Wildman–Crippen MR) is 127 cm³/mol. The minimum absolute atomic E-state index is 0.117. The van der Waals surface area contributed by atoms with Gasteiger partial charge in [0.2, 0.25) is 11.9 Å². The lowest BCUT2D eigenvalue weighted by atomic mass is 10.1. The normalized spacial score (nSPS) is 14.9. The van der Waals surface area contributed by atoms with Gasteiger partial charge in [-0.3, -0.25) is 19.1 Å². The standard InChI is InChI=1S/C26H22F2N4O3/c1-35-18-9-6-16(7-10-18)12-13-31-25(34)23(32-22-5-3-2-4-21(22)30-26(31)32)15-24(33)29-17-8-11-19(27)20(28)14-17/h2-11,14,23H,12-13,15H2,1H3,(H,29,33)/t23-/m1/s1. The first-order chi connectivity index (χ1) is 16.9. The Morgan fingerprint density at radius 1 is 1.06 bits per heavy atom. The quantitative estimate of drug-likeness (QED) is 0.427. The maximum absolute atomic E-state index is 13.5. The first-order valence-electron chi connectivity index (χ1n) is 11.1. The summed E-state index contributed by atoms with van der Waals surface area (Å²) in [5.74, 6) is -1.57. The zero-order chi connectivity index (χ0) is 24.5. The van der Waals surface area contributed by atoms with E-state index < -0.39 is 23.6 Å². The zero-order valence-corrected chi connectivity index (χ0v) is 18.9. The number of halogens is 2. The number of rotatable bonds is 7. The maximum Gasteiger partial charge on any atom is 0.253 e. The fourth-order valence-corrected chi connectivity index (χ4v) is 4.30. The van der Waals surface area contributed by atoms with E-state index in [4.69, 9.17) is 4.74 Å². The van der Waals surface area contributed by atoms with Gasteiger partial charge >= 0.3 is 0 Å². The molecule has 9 heteroatoms. The molecule has 2 amide bonds. The highest BCUT2D eigenvalue weighted by Gasteiger charge is 2.40. The molecule has 0 spiro atoms. The second kappa shape index (κ2) is 9.17. The lowest BCUT2D eigenvalue weighted by Crippen LogP contribution is -2.33. The number of ether oxygens (including phenoxy) is 1. The Morgan fingerprint density at radius 3 is 2.57 bits per heavy atom. The summed E-state index contributed by atoms with van der Waals surface area (Å²) < 4.78 is 33.7. The van der Waals surface area contributed by atoms with E-state index in [0.717, 1.165) is 34.5 Å². The number of anilines is 2. The number of methoxy groups -OCH3 is 1. The van der Waals surface area contributed by atoms with E-state index in [-0.39, 0.29) is 18.0 Å². The van der Waals surface area contributed by atoms with Gasteiger partial charge in [0.15, 0.2) is 11.6 Å². The molecule has 2 heterocycles. The monoisotopic (exact) mass is 476 g/mol. The first kappa shape index (κ1) is 22.5. The molecular formula is C26H22F2N4O3. The zero-order valence-electron chi connectivity index (χ0n) is 18.9. The molecule has 1 N–H and O–H groups in total. The first-order valence-corrected chi connectivity index (χ1v) is 11.1. The number of carbonyl (C=O) groups excluding carboxylic acids is 2. The van der Waals surface area contributed by atoms with Crippen LogP contribution in [0, 0.1) is 11.6 Å². The molecule has 0 aliphatic carbocycles. The van der Waals surface area contributed by atoms with E-state index in [2.05, 4.69) is 10.3 Å². The van der Waals surface area contributed by atoms with Crippen LogP contribution < -0.4 is 15.0 Å². The van der Waals surface area contributed by atoms with Crippen LogP contribution in [0.1, 0.15) is 18.0 Å². The Morgan fingerprint density at radius 2 is 1.83 bits per heavy atom. The molecule has 1 aliphatic heterocycles. The summed E-state index contributed by atoms with van der Waals surface area (Å²) in [4.78, 5) is 32.5. The van der Waals surface area contributed by atoms with Gasteiger partial charge in [-0.1, -0.05) is 24.3 Å². The number of nitrogens with zero attached hydrogens (tertiary/aromatic N) is 3. The number of benzene rings is 3. The second-order valence-corrected chi connectivity index (χ2v) is 8.26. The number of nitrogens with one attached hydrogen (secondary N) is 1. The molecule has 4 aromatic rings. The predicted octanol–water partition coefficient (Wildman–Crippen LogP) is 4.48.